The maximum absolute atomic E-state index is 9.17. The molecule has 0 amide bonds. The van der Waals surface area contributed by atoms with Crippen LogP contribution < -0.4 is 24.2 Å². The van der Waals surface area contributed by atoms with E-state index in [1.54, 1.807) is 32.7 Å². The first-order valence-electron chi connectivity index (χ1n) is 11.7. The zero-order valence-electron chi connectivity index (χ0n) is 21.0. The predicted octanol–water partition coefficient (Wildman–Crippen LogP) is 4.21. The molecule has 0 saturated carbocycles. The number of para-hydroxylation sites is 2. The predicted molar refractivity (Wildman–Crippen MR) is 146 cm³/mol. The number of aliphatic hydroxyl groups excluding tert-OH is 1. The lowest BCUT2D eigenvalue weighted by atomic mass is 10.2. The van der Waals surface area contributed by atoms with Gasteiger partial charge in [0.05, 0.1) is 37.5 Å². The van der Waals surface area contributed by atoms with Gasteiger partial charge in [-0.15, -0.1) is 0 Å². The van der Waals surface area contributed by atoms with Crippen molar-refractivity contribution in [2.75, 3.05) is 57.6 Å². The molecule has 37 heavy (non-hydrogen) atoms. The summed E-state index contributed by atoms with van der Waals surface area (Å²) in [4.78, 5) is 16.7. The van der Waals surface area contributed by atoms with Crippen molar-refractivity contribution in [2.24, 2.45) is 0 Å². The number of nitrogens with one attached hydrogen (secondary N) is 2. The van der Waals surface area contributed by atoms with Crippen LogP contribution in [0.4, 0.5) is 17.3 Å². The Labute approximate surface area is 220 Å². The number of hydrogen-bond donors (Lipinski definition) is 3. The van der Waals surface area contributed by atoms with Crippen LogP contribution in [0.3, 0.4) is 0 Å². The van der Waals surface area contributed by atoms with Crippen molar-refractivity contribution in [2.45, 2.75) is 4.90 Å². The van der Waals surface area contributed by atoms with Gasteiger partial charge in [-0.2, -0.15) is 0 Å². The molecule has 0 aliphatic heterocycles. The first kappa shape index (κ1) is 26.3. The highest BCUT2D eigenvalue weighted by atomic mass is 32.2. The molecule has 2 aromatic heterocycles. The summed E-state index contributed by atoms with van der Waals surface area (Å²) in [5.74, 6) is 2.67. The van der Waals surface area contributed by atoms with Crippen molar-refractivity contribution in [3.8, 4) is 17.2 Å². The van der Waals surface area contributed by atoms with Gasteiger partial charge < -0.3 is 34.3 Å². The number of anilines is 3. The highest BCUT2D eigenvalue weighted by molar-refractivity contribution is 8.00. The minimum Gasteiger partial charge on any atom is -0.497 e. The second-order valence-corrected chi connectivity index (χ2v) is 8.89. The summed E-state index contributed by atoms with van der Waals surface area (Å²) in [5.41, 5.74) is 2.11. The Morgan fingerprint density at radius 1 is 0.973 bits per heavy atom. The van der Waals surface area contributed by atoms with Gasteiger partial charge in [0, 0.05) is 42.5 Å². The smallest absolute Gasteiger partial charge is 0.185 e. The third-order valence-electron chi connectivity index (χ3n) is 5.41. The van der Waals surface area contributed by atoms with Gasteiger partial charge in [0.2, 0.25) is 0 Å². The Kier molecular flexibility index (Phi) is 9.19. The number of rotatable bonds is 13. The summed E-state index contributed by atoms with van der Waals surface area (Å²) < 4.78 is 20.6. The van der Waals surface area contributed by atoms with Gasteiger partial charge in [-0.25, -0.2) is 9.97 Å². The molecular formula is C26H30N6O4S. The van der Waals surface area contributed by atoms with Crippen molar-refractivity contribution in [3.63, 3.8) is 0 Å². The first-order chi connectivity index (χ1) is 18.1. The van der Waals surface area contributed by atoms with E-state index < -0.39 is 0 Å². The van der Waals surface area contributed by atoms with Crippen LogP contribution in [-0.4, -0.2) is 72.5 Å². The zero-order chi connectivity index (χ0) is 26.0. The summed E-state index contributed by atoms with van der Waals surface area (Å²) in [6, 6.07) is 15.1. The third-order valence-corrected chi connectivity index (χ3v) is 6.18. The molecule has 10 nitrogen and oxygen atoms in total. The number of fused-ring (bicyclic) bond motifs is 1. The minimum atomic E-state index is 0.0859. The molecule has 0 unspecified atom stereocenters. The van der Waals surface area contributed by atoms with Crippen LogP contribution in [0, 0.1) is 0 Å². The number of likely N-dealkylation sites (N-methyl/N-ethyl adjacent to an activating group) is 1. The van der Waals surface area contributed by atoms with Crippen LogP contribution in [-0.2, 0) is 0 Å². The van der Waals surface area contributed by atoms with Crippen molar-refractivity contribution in [3.05, 3.63) is 60.9 Å². The third kappa shape index (κ3) is 6.91. The van der Waals surface area contributed by atoms with Crippen LogP contribution in [0.25, 0.3) is 11.0 Å². The molecule has 4 aromatic rings. The Balaban J connectivity index is 1.68. The molecule has 2 heterocycles. The molecule has 0 fully saturated rings. The largest absolute Gasteiger partial charge is 0.497 e. The van der Waals surface area contributed by atoms with E-state index in [2.05, 4.69) is 15.0 Å². The van der Waals surface area contributed by atoms with E-state index in [-0.39, 0.29) is 6.61 Å². The number of nitrogens with zero attached hydrogens (tertiary/aromatic N) is 4. The van der Waals surface area contributed by atoms with Gasteiger partial charge in [0.15, 0.2) is 23.1 Å². The standard InChI is InChI=1S/C26H30N6O4S/c1-32(11-13-33)12-14-36-24-22(15-18(34-2)16-23(24)35-3)30-25-26(31-37-19-7-6-10-27-17-19)29-21-9-5-4-8-20(21)28-25/h4-10,15-17,33H,11-14H2,1-3H3,(H,28,30)(H,29,31). The van der Waals surface area contributed by atoms with Crippen LogP contribution in [0.5, 0.6) is 17.2 Å². The normalized spacial score (nSPS) is 10.9. The van der Waals surface area contributed by atoms with E-state index in [0.717, 1.165) is 15.9 Å². The van der Waals surface area contributed by atoms with Gasteiger partial charge >= 0.3 is 0 Å². The fourth-order valence-electron chi connectivity index (χ4n) is 3.47. The lowest BCUT2D eigenvalue weighted by Gasteiger charge is -2.20. The highest BCUT2D eigenvalue weighted by Gasteiger charge is 2.18. The Morgan fingerprint density at radius 2 is 1.76 bits per heavy atom. The number of aliphatic hydroxyl groups is 1. The van der Waals surface area contributed by atoms with E-state index in [9.17, 15) is 0 Å². The Bertz CT molecular complexity index is 1310. The van der Waals surface area contributed by atoms with Gasteiger partial charge in [-0.05, 0) is 43.3 Å². The molecule has 4 rings (SSSR count). The molecular weight excluding hydrogens is 492 g/mol. The molecule has 11 heteroatoms. The average Bonchev–Trinajstić information content (AvgIpc) is 2.93. The second kappa shape index (κ2) is 12.9. The Hall–Kier alpha value is -3.80. The lowest BCUT2D eigenvalue weighted by Crippen LogP contribution is -2.27. The fraction of sp³-hybridized carbons (Fsp3) is 0.269. The molecule has 0 spiro atoms. The fourth-order valence-corrected chi connectivity index (χ4v) is 4.09. The van der Waals surface area contributed by atoms with Gasteiger partial charge in [0.25, 0.3) is 0 Å². The van der Waals surface area contributed by atoms with Crippen molar-refractivity contribution in [1.29, 1.82) is 0 Å². The molecule has 0 aliphatic carbocycles. The molecule has 194 valence electrons. The van der Waals surface area contributed by atoms with Crippen molar-refractivity contribution >= 4 is 40.3 Å². The summed E-state index contributed by atoms with van der Waals surface area (Å²) >= 11 is 1.39. The summed E-state index contributed by atoms with van der Waals surface area (Å²) in [7, 11) is 5.10. The number of methoxy groups -OCH3 is 2. The van der Waals surface area contributed by atoms with Gasteiger partial charge in [0.1, 0.15) is 12.4 Å². The van der Waals surface area contributed by atoms with Crippen LogP contribution in [0.15, 0.2) is 65.8 Å². The van der Waals surface area contributed by atoms with E-state index in [1.165, 1.54) is 11.9 Å². The monoisotopic (exact) mass is 522 g/mol. The van der Waals surface area contributed by atoms with Crippen LogP contribution in [0.2, 0.25) is 0 Å². The summed E-state index contributed by atoms with van der Waals surface area (Å²) in [5, 5.41) is 12.5. The molecule has 0 saturated heterocycles. The molecule has 2 aromatic carbocycles. The molecule has 0 atom stereocenters. The maximum atomic E-state index is 9.17. The maximum Gasteiger partial charge on any atom is 0.185 e. The lowest BCUT2D eigenvalue weighted by molar-refractivity contribution is 0.190. The van der Waals surface area contributed by atoms with E-state index in [1.807, 2.05) is 54.4 Å². The molecule has 0 bridgehead atoms. The SMILES string of the molecule is COc1cc(Nc2nc3ccccc3nc2NSc2cccnc2)c(OCCN(C)CCO)c(OC)c1. The average molecular weight is 523 g/mol. The first-order valence-corrected chi connectivity index (χ1v) is 12.5. The van der Waals surface area contributed by atoms with Crippen molar-refractivity contribution in [1.82, 2.24) is 19.9 Å². The molecule has 3 N–H and O–H groups in total. The Morgan fingerprint density at radius 3 is 2.43 bits per heavy atom. The van der Waals surface area contributed by atoms with E-state index >= 15 is 0 Å². The number of ether oxygens (including phenoxy) is 3. The number of aromatic nitrogens is 3. The molecule has 0 radical (unpaired) electrons. The van der Waals surface area contributed by atoms with Crippen LogP contribution in [0.1, 0.15) is 0 Å². The summed E-state index contributed by atoms with van der Waals surface area (Å²) in [6.07, 6.45) is 3.50. The van der Waals surface area contributed by atoms with Crippen molar-refractivity contribution < 1.29 is 19.3 Å². The highest BCUT2D eigenvalue weighted by Crippen LogP contribution is 2.42. The number of benzene rings is 2. The zero-order valence-corrected chi connectivity index (χ0v) is 21.8. The second-order valence-electron chi connectivity index (χ2n) is 8.01. The topological polar surface area (TPSA) is 114 Å². The minimum absolute atomic E-state index is 0.0859. The van der Waals surface area contributed by atoms with Crippen LogP contribution >= 0.6 is 11.9 Å². The quantitative estimate of drug-likeness (QED) is 0.219. The summed E-state index contributed by atoms with van der Waals surface area (Å²) in [6.45, 7) is 1.66. The van der Waals surface area contributed by atoms with Gasteiger partial charge in [-0.3, -0.25) is 4.98 Å². The van der Waals surface area contributed by atoms with E-state index in [0.29, 0.717) is 54.3 Å². The number of hydrogen-bond acceptors (Lipinski definition) is 11. The van der Waals surface area contributed by atoms with Gasteiger partial charge in [-0.1, -0.05) is 12.1 Å². The number of pyridine rings is 1. The molecule has 0 aliphatic rings. The van der Waals surface area contributed by atoms with E-state index in [4.69, 9.17) is 29.3 Å².